The second kappa shape index (κ2) is 4.54. The first-order valence-electron chi connectivity index (χ1n) is 5.85. The fraction of sp³-hybridized carbons (Fsp3) is 0.133. The highest BCUT2D eigenvalue weighted by Crippen LogP contribution is 2.26. The van der Waals surface area contributed by atoms with Gasteiger partial charge in [-0.15, -0.1) is 0 Å². The molecule has 0 radical (unpaired) electrons. The van der Waals surface area contributed by atoms with Crippen molar-refractivity contribution >= 4 is 23.0 Å². The minimum Gasteiger partial charge on any atom is -0.253 e. The fourth-order valence-electron chi connectivity index (χ4n) is 2.23. The van der Waals surface area contributed by atoms with Crippen molar-refractivity contribution in [3.8, 4) is 0 Å². The number of halogens is 2. The number of hydrogen-bond acceptors (Lipinski definition) is 1. The molecule has 1 aliphatic carbocycles. The van der Waals surface area contributed by atoms with Crippen LogP contribution in [0.1, 0.15) is 17.5 Å². The highest BCUT2D eigenvalue weighted by molar-refractivity contribution is 6.30. The Kier molecular flexibility index (Phi) is 2.88. The smallest absolute Gasteiger partial charge is 0.143 e. The van der Waals surface area contributed by atoms with E-state index in [2.05, 4.69) is 17.1 Å². The molecule has 2 aromatic carbocycles. The lowest BCUT2D eigenvalue weighted by Crippen LogP contribution is -1.93. The van der Waals surface area contributed by atoms with Crippen LogP contribution in [0.15, 0.2) is 47.5 Å². The van der Waals surface area contributed by atoms with Crippen molar-refractivity contribution in [3.05, 3.63) is 64.4 Å². The van der Waals surface area contributed by atoms with E-state index in [-0.39, 0.29) is 5.02 Å². The minimum atomic E-state index is -0.426. The van der Waals surface area contributed by atoms with Gasteiger partial charge in [0.05, 0.1) is 10.7 Å². The first-order chi connectivity index (χ1) is 8.74. The van der Waals surface area contributed by atoms with Gasteiger partial charge >= 0.3 is 0 Å². The highest BCUT2D eigenvalue weighted by atomic mass is 35.5. The van der Waals surface area contributed by atoms with Crippen LogP contribution >= 0.6 is 11.6 Å². The molecule has 18 heavy (non-hydrogen) atoms. The van der Waals surface area contributed by atoms with Crippen LogP contribution in [0.2, 0.25) is 5.02 Å². The number of benzene rings is 2. The molecule has 2 aromatic rings. The number of hydrogen-bond donors (Lipinski definition) is 0. The van der Waals surface area contributed by atoms with E-state index in [0.717, 1.165) is 18.6 Å². The number of rotatable bonds is 1. The summed E-state index contributed by atoms with van der Waals surface area (Å²) in [6, 6.07) is 12.9. The molecule has 0 aromatic heterocycles. The van der Waals surface area contributed by atoms with Gasteiger partial charge in [0.25, 0.3) is 0 Å². The van der Waals surface area contributed by atoms with Gasteiger partial charge in [0.15, 0.2) is 0 Å². The number of fused-ring (bicyclic) bond motifs is 1. The van der Waals surface area contributed by atoms with Crippen LogP contribution in [0.5, 0.6) is 0 Å². The third-order valence-corrected chi connectivity index (χ3v) is 3.43. The zero-order valence-corrected chi connectivity index (χ0v) is 10.4. The van der Waals surface area contributed by atoms with Gasteiger partial charge in [0.2, 0.25) is 0 Å². The van der Waals surface area contributed by atoms with Gasteiger partial charge in [-0.2, -0.15) is 0 Å². The molecule has 3 heteroatoms. The molecule has 0 heterocycles. The van der Waals surface area contributed by atoms with E-state index >= 15 is 0 Å². The quantitative estimate of drug-likeness (QED) is 0.713. The Balaban J connectivity index is 2.01. The first-order valence-corrected chi connectivity index (χ1v) is 6.23. The van der Waals surface area contributed by atoms with Crippen molar-refractivity contribution in [3.63, 3.8) is 0 Å². The second-order valence-electron chi connectivity index (χ2n) is 4.31. The summed E-state index contributed by atoms with van der Waals surface area (Å²) in [4.78, 5) is 4.52. The molecule has 1 aliphatic rings. The van der Waals surface area contributed by atoms with Gasteiger partial charge in [0.1, 0.15) is 5.82 Å². The summed E-state index contributed by atoms with van der Waals surface area (Å²) < 4.78 is 13.3. The summed E-state index contributed by atoms with van der Waals surface area (Å²) in [6.07, 6.45) is 1.91. The van der Waals surface area contributed by atoms with Crippen LogP contribution in [-0.4, -0.2) is 5.71 Å². The summed E-state index contributed by atoms with van der Waals surface area (Å²) >= 11 is 5.65. The van der Waals surface area contributed by atoms with Crippen LogP contribution in [0.25, 0.3) is 0 Å². The molecule has 3 rings (SSSR count). The predicted octanol–water partition coefficient (Wildman–Crippen LogP) is 4.55. The molecule has 0 saturated heterocycles. The standard InChI is InChI=1S/C15H11ClFN/c16-13-7-6-11(9-14(13)17)18-15-8-5-10-3-1-2-4-12(10)15/h1-4,6-7,9H,5,8H2. The summed E-state index contributed by atoms with van der Waals surface area (Å²) in [5.74, 6) is -0.426. The molecule has 0 atom stereocenters. The average Bonchev–Trinajstić information content (AvgIpc) is 2.78. The van der Waals surface area contributed by atoms with Gasteiger partial charge in [-0.05, 0) is 36.1 Å². The van der Waals surface area contributed by atoms with Crippen molar-refractivity contribution in [1.82, 2.24) is 0 Å². The minimum absolute atomic E-state index is 0.130. The predicted molar refractivity (Wildman–Crippen MR) is 72.4 cm³/mol. The first kappa shape index (κ1) is 11.4. The summed E-state index contributed by atoms with van der Waals surface area (Å²) in [5, 5.41) is 0.130. The van der Waals surface area contributed by atoms with Gasteiger partial charge in [-0.1, -0.05) is 35.9 Å². The van der Waals surface area contributed by atoms with Gasteiger partial charge in [0, 0.05) is 11.8 Å². The molecule has 1 nitrogen and oxygen atoms in total. The van der Waals surface area contributed by atoms with E-state index in [4.69, 9.17) is 11.6 Å². The van der Waals surface area contributed by atoms with Crippen LogP contribution in [0.3, 0.4) is 0 Å². The molecule has 0 unspecified atom stereocenters. The summed E-state index contributed by atoms with van der Waals surface area (Å²) in [5.41, 5.74) is 4.12. The van der Waals surface area contributed by atoms with E-state index < -0.39 is 5.82 Å². The van der Waals surface area contributed by atoms with Crippen LogP contribution < -0.4 is 0 Å². The zero-order valence-electron chi connectivity index (χ0n) is 9.66. The number of aryl methyl sites for hydroxylation is 1. The molecule has 0 amide bonds. The van der Waals surface area contributed by atoms with Gasteiger partial charge in [-0.25, -0.2) is 4.39 Å². The van der Waals surface area contributed by atoms with Crippen molar-refractivity contribution in [2.45, 2.75) is 12.8 Å². The van der Waals surface area contributed by atoms with E-state index in [1.165, 1.54) is 23.3 Å². The number of aliphatic imine (C=N–C) groups is 1. The van der Waals surface area contributed by atoms with Crippen molar-refractivity contribution in [1.29, 1.82) is 0 Å². The molecular formula is C15H11ClFN. The summed E-state index contributed by atoms with van der Waals surface area (Å²) in [6.45, 7) is 0. The third-order valence-electron chi connectivity index (χ3n) is 3.13. The maximum Gasteiger partial charge on any atom is 0.143 e. The lowest BCUT2D eigenvalue weighted by molar-refractivity contribution is 0.628. The molecule has 0 fully saturated rings. The Hall–Kier alpha value is -1.67. The molecule has 0 spiro atoms. The average molecular weight is 260 g/mol. The van der Waals surface area contributed by atoms with Gasteiger partial charge < -0.3 is 0 Å². The molecule has 0 N–H and O–H groups in total. The van der Waals surface area contributed by atoms with Crippen LogP contribution in [0.4, 0.5) is 10.1 Å². The largest absolute Gasteiger partial charge is 0.253 e. The third kappa shape index (κ3) is 2.04. The molecule has 0 aliphatic heterocycles. The summed E-state index contributed by atoms with van der Waals surface area (Å²) in [7, 11) is 0. The van der Waals surface area contributed by atoms with Gasteiger partial charge in [-0.3, -0.25) is 4.99 Å². The number of nitrogens with zero attached hydrogens (tertiary/aromatic N) is 1. The topological polar surface area (TPSA) is 12.4 Å². The Morgan fingerprint density at radius 3 is 2.72 bits per heavy atom. The Morgan fingerprint density at radius 2 is 1.89 bits per heavy atom. The normalized spacial score (nSPS) is 16.0. The molecule has 0 bridgehead atoms. The van der Waals surface area contributed by atoms with E-state index in [1.54, 1.807) is 6.07 Å². The van der Waals surface area contributed by atoms with Crippen LogP contribution in [0, 0.1) is 5.82 Å². The van der Waals surface area contributed by atoms with E-state index in [1.807, 2.05) is 12.1 Å². The second-order valence-corrected chi connectivity index (χ2v) is 4.72. The van der Waals surface area contributed by atoms with Crippen molar-refractivity contribution in [2.24, 2.45) is 4.99 Å². The van der Waals surface area contributed by atoms with E-state index in [9.17, 15) is 4.39 Å². The Bertz CT molecular complexity index is 634. The molecular weight excluding hydrogens is 249 g/mol. The zero-order chi connectivity index (χ0) is 12.5. The Labute approximate surface area is 110 Å². The van der Waals surface area contributed by atoms with Crippen LogP contribution in [-0.2, 0) is 6.42 Å². The van der Waals surface area contributed by atoms with Crippen molar-refractivity contribution in [2.75, 3.05) is 0 Å². The van der Waals surface area contributed by atoms with Crippen molar-refractivity contribution < 1.29 is 4.39 Å². The lowest BCUT2D eigenvalue weighted by Gasteiger charge is -2.01. The Morgan fingerprint density at radius 1 is 1.06 bits per heavy atom. The van der Waals surface area contributed by atoms with E-state index in [0.29, 0.717) is 5.69 Å². The monoisotopic (exact) mass is 259 g/mol. The SMILES string of the molecule is Fc1cc(N=C2CCc3ccccc32)ccc1Cl. The highest BCUT2D eigenvalue weighted by Gasteiger charge is 2.16. The molecule has 90 valence electrons. The fourth-order valence-corrected chi connectivity index (χ4v) is 2.35. The maximum absolute atomic E-state index is 13.3. The maximum atomic E-state index is 13.3. The lowest BCUT2D eigenvalue weighted by atomic mass is 10.1. The molecule has 0 saturated carbocycles.